The molecular formula is C12H22N2O3. The molecule has 4 unspecified atom stereocenters. The number of carboxylic acids is 1. The second-order valence-electron chi connectivity index (χ2n) is 4.98. The summed E-state index contributed by atoms with van der Waals surface area (Å²) in [5.41, 5.74) is 5.91. The molecule has 0 aromatic heterocycles. The predicted octanol–water partition coefficient (Wildman–Crippen LogP) is 0.729. The first-order chi connectivity index (χ1) is 7.93. The van der Waals surface area contributed by atoms with Gasteiger partial charge in [-0.2, -0.15) is 0 Å². The van der Waals surface area contributed by atoms with Crippen LogP contribution in [0.25, 0.3) is 0 Å². The Morgan fingerprint density at radius 2 is 1.88 bits per heavy atom. The van der Waals surface area contributed by atoms with Gasteiger partial charge in [0, 0.05) is 12.1 Å². The van der Waals surface area contributed by atoms with Gasteiger partial charge in [-0.1, -0.05) is 12.8 Å². The SMILES string of the molecule is CC(NC(=O)C1CCCCC1N)C(C)C(=O)O. The van der Waals surface area contributed by atoms with Gasteiger partial charge < -0.3 is 16.2 Å². The maximum atomic E-state index is 12.0. The van der Waals surface area contributed by atoms with Crippen molar-refractivity contribution < 1.29 is 14.7 Å². The highest BCUT2D eigenvalue weighted by molar-refractivity contribution is 5.80. The van der Waals surface area contributed by atoms with E-state index in [0.29, 0.717) is 0 Å². The summed E-state index contributed by atoms with van der Waals surface area (Å²) in [5.74, 6) is -1.74. The molecule has 0 aromatic rings. The zero-order chi connectivity index (χ0) is 13.0. The lowest BCUT2D eigenvalue weighted by molar-refractivity contribution is -0.142. The number of carbonyl (C=O) groups is 2. The average molecular weight is 242 g/mol. The summed E-state index contributed by atoms with van der Waals surface area (Å²) in [6.45, 7) is 3.30. The minimum atomic E-state index is -0.897. The topological polar surface area (TPSA) is 92.4 Å². The number of carbonyl (C=O) groups excluding carboxylic acids is 1. The number of nitrogens with one attached hydrogen (secondary N) is 1. The average Bonchev–Trinajstić information content (AvgIpc) is 2.28. The van der Waals surface area contributed by atoms with E-state index in [0.717, 1.165) is 25.7 Å². The molecule has 5 heteroatoms. The largest absolute Gasteiger partial charge is 0.481 e. The molecule has 5 nitrogen and oxygen atoms in total. The Labute approximate surface area is 102 Å². The summed E-state index contributed by atoms with van der Waals surface area (Å²) in [6, 6.07) is -0.454. The van der Waals surface area contributed by atoms with Gasteiger partial charge in [-0.3, -0.25) is 9.59 Å². The second-order valence-corrected chi connectivity index (χ2v) is 4.98. The van der Waals surface area contributed by atoms with E-state index in [2.05, 4.69) is 5.32 Å². The van der Waals surface area contributed by atoms with Gasteiger partial charge in [0.1, 0.15) is 0 Å². The molecule has 1 saturated carbocycles. The summed E-state index contributed by atoms with van der Waals surface area (Å²) in [5, 5.41) is 11.6. The fraction of sp³-hybridized carbons (Fsp3) is 0.833. The Morgan fingerprint density at radius 1 is 1.29 bits per heavy atom. The van der Waals surface area contributed by atoms with Crippen LogP contribution in [0.4, 0.5) is 0 Å². The molecule has 1 aliphatic carbocycles. The van der Waals surface area contributed by atoms with Crippen LogP contribution in [0.5, 0.6) is 0 Å². The molecule has 1 fully saturated rings. The molecule has 0 radical (unpaired) electrons. The van der Waals surface area contributed by atoms with Gasteiger partial charge in [-0.15, -0.1) is 0 Å². The van der Waals surface area contributed by atoms with E-state index in [1.807, 2.05) is 0 Å². The Bertz CT molecular complexity index is 293. The van der Waals surface area contributed by atoms with Crippen molar-refractivity contribution in [2.24, 2.45) is 17.6 Å². The van der Waals surface area contributed by atoms with E-state index in [9.17, 15) is 9.59 Å². The van der Waals surface area contributed by atoms with Crippen LogP contribution in [-0.2, 0) is 9.59 Å². The smallest absolute Gasteiger partial charge is 0.308 e. The van der Waals surface area contributed by atoms with Crippen molar-refractivity contribution >= 4 is 11.9 Å². The molecule has 1 rings (SSSR count). The third kappa shape index (κ3) is 3.70. The first-order valence-corrected chi connectivity index (χ1v) is 6.22. The predicted molar refractivity (Wildman–Crippen MR) is 64.3 cm³/mol. The number of nitrogens with two attached hydrogens (primary N) is 1. The lowest BCUT2D eigenvalue weighted by Crippen LogP contribution is -2.48. The van der Waals surface area contributed by atoms with Crippen molar-refractivity contribution in [1.29, 1.82) is 0 Å². The van der Waals surface area contributed by atoms with Gasteiger partial charge in [-0.05, 0) is 26.7 Å². The summed E-state index contributed by atoms with van der Waals surface area (Å²) >= 11 is 0. The van der Waals surface area contributed by atoms with E-state index >= 15 is 0 Å². The highest BCUT2D eigenvalue weighted by Crippen LogP contribution is 2.23. The van der Waals surface area contributed by atoms with Crippen LogP contribution in [0.3, 0.4) is 0 Å². The summed E-state index contributed by atoms with van der Waals surface area (Å²) in [7, 11) is 0. The van der Waals surface area contributed by atoms with Crippen LogP contribution in [-0.4, -0.2) is 29.1 Å². The quantitative estimate of drug-likeness (QED) is 0.677. The van der Waals surface area contributed by atoms with Crippen molar-refractivity contribution in [3.63, 3.8) is 0 Å². The zero-order valence-electron chi connectivity index (χ0n) is 10.5. The lowest BCUT2D eigenvalue weighted by Gasteiger charge is -2.29. The fourth-order valence-corrected chi connectivity index (χ4v) is 2.16. The summed E-state index contributed by atoms with van der Waals surface area (Å²) in [4.78, 5) is 22.7. The van der Waals surface area contributed by atoms with Crippen LogP contribution in [0.15, 0.2) is 0 Å². The summed E-state index contributed by atoms with van der Waals surface area (Å²) in [6.07, 6.45) is 3.78. The molecule has 0 aliphatic heterocycles. The lowest BCUT2D eigenvalue weighted by atomic mass is 9.84. The molecule has 4 atom stereocenters. The molecule has 0 saturated heterocycles. The Balaban J connectivity index is 2.50. The van der Waals surface area contributed by atoms with Crippen LogP contribution in [0.1, 0.15) is 39.5 Å². The van der Waals surface area contributed by atoms with Crippen molar-refractivity contribution in [2.75, 3.05) is 0 Å². The van der Waals surface area contributed by atoms with Gasteiger partial charge >= 0.3 is 5.97 Å². The molecule has 98 valence electrons. The normalized spacial score (nSPS) is 28.2. The highest BCUT2D eigenvalue weighted by Gasteiger charge is 2.30. The van der Waals surface area contributed by atoms with Crippen molar-refractivity contribution in [1.82, 2.24) is 5.32 Å². The monoisotopic (exact) mass is 242 g/mol. The third-order valence-corrected chi connectivity index (χ3v) is 3.67. The maximum absolute atomic E-state index is 12.0. The van der Waals surface area contributed by atoms with Gasteiger partial charge in [0.15, 0.2) is 0 Å². The van der Waals surface area contributed by atoms with E-state index in [-0.39, 0.29) is 23.9 Å². The van der Waals surface area contributed by atoms with Crippen LogP contribution in [0.2, 0.25) is 0 Å². The fourth-order valence-electron chi connectivity index (χ4n) is 2.16. The van der Waals surface area contributed by atoms with Gasteiger partial charge in [-0.25, -0.2) is 0 Å². The molecule has 17 heavy (non-hydrogen) atoms. The third-order valence-electron chi connectivity index (χ3n) is 3.67. The van der Waals surface area contributed by atoms with E-state index in [1.54, 1.807) is 13.8 Å². The molecule has 4 N–H and O–H groups in total. The molecule has 0 bridgehead atoms. The van der Waals surface area contributed by atoms with Crippen LogP contribution >= 0.6 is 0 Å². The molecule has 0 aromatic carbocycles. The summed E-state index contributed by atoms with van der Waals surface area (Å²) < 4.78 is 0. The van der Waals surface area contributed by atoms with Crippen LogP contribution < -0.4 is 11.1 Å². The zero-order valence-corrected chi connectivity index (χ0v) is 10.5. The minimum Gasteiger partial charge on any atom is -0.481 e. The molecule has 0 spiro atoms. The first kappa shape index (κ1) is 14.0. The number of aliphatic carboxylic acids is 1. The Morgan fingerprint density at radius 3 is 2.41 bits per heavy atom. The van der Waals surface area contributed by atoms with Crippen molar-refractivity contribution in [3.8, 4) is 0 Å². The number of hydrogen-bond donors (Lipinski definition) is 3. The number of carboxylic acid groups (broad SMARTS) is 1. The number of amides is 1. The van der Waals surface area contributed by atoms with E-state index < -0.39 is 11.9 Å². The maximum Gasteiger partial charge on any atom is 0.308 e. The van der Waals surface area contributed by atoms with E-state index in [1.165, 1.54) is 0 Å². The number of hydrogen-bond acceptors (Lipinski definition) is 3. The molecule has 1 amide bonds. The van der Waals surface area contributed by atoms with Gasteiger partial charge in [0.2, 0.25) is 5.91 Å². The second kappa shape index (κ2) is 6.00. The first-order valence-electron chi connectivity index (χ1n) is 6.22. The Hall–Kier alpha value is -1.10. The molecule has 1 aliphatic rings. The van der Waals surface area contributed by atoms with Crippen molar-refractivity contribution in [3.05, 3.63) is 0 Å². The number of rotatable bonds is 4. The van der Waals surface area contributed by atoms with Gasteiger partial charge in [0.25, 0.3) is 0 Å². The standard InChI is InChI=1S/C12H22N2O3/c1-7(12(16)17)8(2)14-11(15)9-5-3-4-6-10(9)13/h7-10H,3-6,13H2,1-2H3,(H,14,15)(H,16,17). The molecular weight excluding hydrogens is 220 g/mol. The minimum absolute atomic E-state index is 0.0870. The van der Waals surface area contributed by atoms with Crippen molar-refractivity contribution in [2.45, 2.75) is 51.6 Å². The molecule has 0 heterocycles. The van der Waals surface area contributed by atoms with Gasteiger partial charge in [0.05, 0.1) is 11.8 Å². The van der Waals surface area contributed by atoms with Crippen LogP contribution in [0, 0.1) is 11.8 Å². The van der Waals surface area contributed by atoms with E-state index in [4.69, 9.17) is 10.8 Å². The highest BCUT2D eigenvalue weighted by atomic mass is 16.4. The Kier molecular flexibility index (Phi) is 4.93.